The number of hydrogen-bond donors (Lipinski definition) is 0. The number of anilines is 1. The molecule has 1 atom stereocenters. The minimum atomic E-state index is -0.221. The van der Waals surface area contributed by atoms with E-state index in [0.29, 0.717) is 6.61 Å². The van der Waals surface area contributed by atoms with Gasteiger partial charge >= 0.3 is 0 Å². The van der Waals surface area contributed by atoms with Crippen molar-refractivity contribution in [2.45, 2.75) is 38.7 Å². The van der Waals surface area contributed by atoms with Crippen molar-refractivity contribution in [1.29, 1.82) is 0 Å². The molecule has 7 nitrogen and oxygen atoms in total. The normalized spacial score (nSPS) is 21.2. The SMILES string of the molecule is CCCc1cc(N2CCN(C(=O)[C@@H]3CCCO3)CC2)n2nccc2n1. The maximum Gasteiger partial charge on any atom is 0.251 e. The molecule has 1 amide bonds. The average molecular weight is 343 g/mol. The Morgan fingerprint density at radius 2 is 2.16 bits per heavy atom. The standard InChI is InChI=1S/C18H25N5O2/c1-2-4-14-13-17(23-16(20-14)6-7-19-23)21-8-10-22(11-9-21)18(24)15-5-3-12-25-15/h6-7,13,15H,2-5,8-12H2,1H3/t15-/m0/s1. The van der Waals surface area contributed by atoms with Gasteiger partial charge < -0.3 is 14.5 Å². The zero-order chi connectivity index (χ0) is 17.2. The topological polar surface area (TPSA) is 63.0 Å². The monoisotopic (exact) mass is 343 g/mol. The highest BCUT2D eigenvalue weighted by atomic mass is 16.5. The molecule has 2 aliphatic heterocycles. The van der Waals surface area contributed by atoms with Crippen LogP contribution in [-0.2, 0) is 16.0 Å². The van der Waals surface area contributed by atoms with E-state index in [1.807, 2.05) is 15.5 Å². The van der Waals surface area contributed by atoms with Crippen LogP contribution in [-0.4, -0.2) is 64.3 Å². The third-order valence-electron chi connectivity index (χ3n) is 5.02. The zero-order valence-electron chi connectivity index (χ0n) is 14.7. The first-order chi connectivity index (χ1) is 12.3. The number of carbonyl (C=O) groups excluding carboxylic acids is 1. The van der Waals surface area contributed by atoms with E-state index < -0.39 is 0 Å². The van der Waals surface area contributed by atoms with Gasteiger partial charge in [-0.15, -0.1) is 0 Å². The summed E-state index contributed by atoms with van der Waals surface area (Å²) in [5.74, 6) is 1.23. The predicted molar refractivity (Wildman–Crippen MR) is 94.7 cm³/mol. The van der Waals surface area contributed by atoms with Gasteiger partial charge in [-0.1, -0.05) is 13.3 Å². The van der Waals surface area contributed by atoms with E-state index >= 15 is 0 Å². The highest BCUT2D eigenvalue weighted by molar-refractivity contribution is 5.81. The Morgan fingerprint density at radius 3 is 2.88 bits per heavy atom. The maximum atomic E-state index is 12.5. The summed E-state index contributed by atoms with van der Waals surface area (Å²) in [5.41, 5.74) is 1.99. The first-order valence-electron chi connectivity index (χ1n) is 9.25. The number of nitrogens with zero attached hydrogens (tertiary/aromatic N) is 5. The van der Waals surface area contributed by atoms with Crippen LogP contribution in [0.5, 0.6) is 0 Å². The first-order valence-corrected chi connectivity index (χ1v) is 9.25. The number of rotatable bonds is 4. The molecule has 4 rings (SSSR count). The molecule has 7 heteroatoms. The highest BCUT2D eigenvalue weighted by Gasteiger charge is 2.30. The summed E-state index contributed by atoms with van der Waals surface area (Å²) in [5, 5.41) is 4.42. The number of piperazine rings is 1. The molecule has 0 radical (unpaired) electrons. The van der Waals surface area contributed by atoms with Crippen LogP contribution in [0, 0.1) is 0 Å². The number of aryl methyl sites for hydroxylation is 1. The van der Waals surface area contributed by atoms with Crippen molar-refractivity contribution in [3.63, 3.8) is 0 Å². The van der Waals surface area contributed by atoms with Crippen LogP contribution in [0.25, 0.3) is 5.65 Å². The van der Waals surface area contributed by atoms with E-state index in [-0.39, 0.29) is 12.0 Å². The van der Waals surface area contributed by atoms with Gasteiger partial charge in [-0.3, -0.25) is 4.79 Å². The Labute approximate surface area is 147 Å². The van der Waals surface area contributed by atoms with Crippen molar-refractivity contribution in [3.05, 3.63) is 24.0 Å². The molecule has 2 aromatic heterocycles. The number of carbonyl (C=O) groups is 1. The molecule has 0 saturated carbocycles. The summed E-state index contributed by atoms with van der Waals surface area (Å²) in [7, 11) is 0. The third-order valence-corrected chi connectivity index (χ3v) is 5.02. The fourth-order valence-corrected chi connectivity index (χ4v) is 3.69. The van der Waals surface area contributed by atoms with Gasteiger partial charge in [-0.05, 0) is 19.3 Å². The number of fused-ring (bicyclic) bond motifs is 1. The molecule has 2 saturated heterocycles. The number of amides is 1. The predicted octanol–water partition coefficient (Wildman–Crippen LogP) is 1.51. The Morgan fingerprint density at radius 1 is 1.32 bits per heavy atom. The molecule has 25 heavy (non-hydrogen) atoms. The summed E-state index contributed by atoms with van der Waals surface area (Å²) in [4.78, 5) is 21.4. The van der Waals surface area contributed by atoms with Crippen molar-refractivity contribution in [3.8, 4) is 0 Å². The van der Waals surface area contributed by atoms with E-state index in [4.69, 9.17) is 4.74 Å². The quantitative estimate of drug-likeness (QED) is 0.842. The summed E-state index contributed by atoms with van der Waals surface area (Å²) in [6, 6.07) is 4.08. The van der Waals surface area contributed by atoms with E-state index in [9.17, 15) is 4.79 Å². The Kier molecular flexibility index (Phi) is 4.57. The Bertz CT molecular complexity index is 745. The lowest BCUT2D eigenvalue weighted by atomic mass is 10.2. The van der Waals surface area contributed by atoms with Gasteiger partial charge in [0.05, 0.1) is 6.20 Å². The second-order valence-electron chi connectivity index (χ2n) is 6.77. The molecule has 0 aromatic carbocycles. The molecule has 2 aromatic rings. The summed E-state index contributed by atoms with van der Waals surface area (Å²) < 4.78 is 7.44. The second kappa shape index (κ2) is 7.00. The van der Waals surface area contributed by atoms with Gasteiger partial charge in [-0.25, -0.2) is 4.98 Å². The molecule has 0 N–H and O–H groups in total. The van der Waals surface area contributed by atoms with Crippen molar-refractivity contribution < 1.29 is 9.53 Å². The van der Waals surface area contributed by atoms with Gasteiger partial charge in [0.15, 0.2) is 5.65 Å². The summed E-state index contributed by atoms with van der Waals surface area (Å²) >= 11 is 0. The molecular formula is C18H25N5O2. The van der Waals surface area contributed by atoms with Gasteiger partial charge in [-0.2, -0.15) is 9.61 Å². The lowest BCUT2D eigenvalue weighted by Gasteiger charge is -2.37. The molecule has 0 aliphatic carbocycles. The summed E-state index contributed by atoms with van der Waals surface area (Å²) in [6.45, 7) is 5.95. The van der Waals surface area contributed by atoms with E-state index in [0.717, 1.165) is 69.0 Å². The molecule has 0 bridgehead atoms. The zero-order valence-corrected chi connectivity index (χ0v) is 14.7. The minimum Gasteiger partial charge on any atom is -0.368 e. The largest absolute Gasteiger partial charge is 0.368 e. The smallest absolute Gasteiger partial charge is 0.251 e. The van der Waals surface area contributed by atoms with Crippen LogP contribution in [0.15, 0.2) is 18.3 Å². The minimum absolute atomic E-state index is 0.155. The van der Waals surface area contributed by atoms with Crippen LogP contribution in [0.4, 0.5) is 5.82 Å². The van der Waals surface area contributed by atoms with Crippen molar-refractivity contribution in [1.82, 2.24) is 19.5 Å². The number of aromatic nitrogens is 3. The molecule has 0 unspecified atom stereocenters. The molecule has 4 heterocycles. The van der Waals surface area contributed by atoms with Crippen molar-refractivity contribution in [2.24, 2.45) is 0 Å². The van der Waals surface area contributed by atoms with Gasteiger partial charge in [0.25, 0.3) is 5.91 Å². The Balaban J connectivity index is 1.49. The molecule has 2 aliphatic rings. The van der Waals surface area contributed by atoms with Crippen molar-refractivity contribution >= 4 is 17.4 Å². The van der Waals surface area contributed by atoms with Crippen LogP contribution in [0.1, 0.15) is 31.9 Å². The van der Waals surface area contributed by atoms with E-state index in [1.165, 1.54) is 0 Å². The first kappa shape index (κ1) is 16.3. The van der Waals surface area contributed by atoms with Crippen molar-refractivity contribution in [2.75, 3.05) is 37.7 Å². The fraction of sp³-hybridized carbons (Fsp3) is 0.611. The number of ether oxygens (including phenoxy) is 1. The highest BCUT2D eigenvalue weighted by Crippen LogP contribution is 2.21. The lowest BCUT2D eigenvalue weighted by molar-refractivity contribution is -0.141. The lowest BCUT2D eigenvalue weighted by Crippen LogP contribution is -2.51. The molecule has 134 valence electrons. The Hall–Kier alpha value is -2.15. The molecule has 2 fully saturated rings. The summed E-state index contributed by atoms with van der Waals surface area (Å²) in [6.07, 6.45) is 5.45. The van der Waals surface area contributed by atoms with Gasteiger partial charge in [0, 0.05) is 50.6 Å². The van der Waals surface area contributed by atoms with Crippen LogP contribution < -0.4 is 4.90 Å². The van der Waals surface area contributed by atoms with Crippen LogP contribution >= 0.6 is 0 Å². The van der Waals surface area contributed by atoms with E-state index in [2.05, 4.69) is 28.0 Å². The number of hydrogen-bond acceptors (Lipinski definition) is 5. The van der Waals surface area contributed by atoms with Crippen LogP contribution in [0.2, 0.25) is 0 Å². The average Bonchev–Trinajstić information content (AvgIpc) is 3.32. The maximum absolute atomic E-state index is 12.5. The fourth-order valence-electron chi connectivity index (χ4n) is 3.69. The van der Waals surface area contributed by atoms with E-state index in [1.54, 1.807) is 6.20 Å². The molecular weight excluding hydrogens is 318 g/mol. The molecule has 0 spiro atoms. The van der Waals surface area contributed by atoms with Gasteiger partial charge in [0.1, 0.15) is 11.9 Å². The van der Waals surface area contributed by atoms with Crippen LogP contribution in [0.3, 0.4) is 0 Å². The van der Waals surface area contributed by atoms with Gasteiger partial charge in [0.2, 0.25) is 0 Å². The second-order valence-corrected chi connectivity index (χ2v) is 6.77. The third kappa shape index (κ3) is 3.20.